The van der Waals surface area contributed by atoms with Crippen molar-refractivity contribution in [2.45, 2.75) is 11.8 Å². The maximum absolute atomic E-state index is 15.4. The Bertz CT molecular complexity index is 979. The molecule has 11 heteroatoms. The average Bonchev–Trinajstić information content (AvgIpc) is 3.22. The summed E-state index contributed by atoms with van der Waals surface area (Å²) in [6.45, 7) is -0.549. The molecule has 0 saturated carbocycles. The number of nitrogens with two attached hydrogens (primary N) is 2. The fourth-order valence-corrected chi connectivity index (χ4v) is 3.43. The summed E-state index contributed by atoms with van der Waals surface area (Å²) in [7, 11) is 0. The summed E-state index contributed by atoms with van der Waals surface area (Å²) in [5, 5.41) is 6.34. The molecule has 0 aliphatic heterocycles. The number of thiazole rings is 1. The maximum Gasteiger partial charge on any atom is 0.298 e. The van der Waals surface area contributed by atoms with E-state index in [1.54, 1.807) is 11.6 Å². The molecule has 0 spiro atoms. The Morgan fingerprint density at radius 2 is 2.00 bits per heavy atom. The van der Waals surface area contributed by atoms with Gasteiger partial charge in [0, 0.05) is 35.9 Å². The SMILES string of the molecule is N/N=C\N(N)CC(c1ccc(F)cc1F)C(F)(F)c1ccc(-c2nccs2)cn1. The summed E-state index contributed by atoms with van der Waals surface area (Å²) in [6.07, 6.45) is 3.77. The van der Waals surface area contributed by atoms with Gasteiger partial charge in [0.2, 0.25) is 0 Å². The van der Waals surface area contributed by atoms with Crippen LogP contribution in [0, 0.1) is 11.6 Å². The number of hydrazone groups is 1. The Morgan fingerprint density at radius 3 is 2.59 bits per heavy atom. The van der Waals surface area contributed by atoms with Crippen LogP contribution in [0.25, 0.3) is 10.6 Å². The zero-order valence-electron chi connectivity index (χ0n) is 14.8. The van der Waals surface area contributed by atoms with E-state index >= 15 is 8.78 Å². The second-order valence-corrected chi connectivity index (χ2v) is 6.97. The highest BCUT2D eigenvalue weighted by atomic mass is 32.1. The van der Waals surface area contributed by atoms with Gasteiger partial charge in [-0.25, -0.2) is 19.6 Å². The summed E-state index contributed by atoms with van der Waals surface area (Å²) in [4.78, 5) is 7.95. The third-order valence-corrected chi connectivity index (χ3v) is 4.99. The average molecular weight is 424 g/mol. The predicted octanol–water partition coefficient (Wildman–Crippen LogP) is 3.44. The lowest BCUT2D eigenvalue weighted by molar-refractivity contribution is -0.0443. The van der Waals surface area contributed by atoms with E-state index in [0.29, 0.717) is 16.6 Å². The number of hydrogen-bond acceptors (Lipinski definition) is 6. The van der Waals surface area contributed by atoms with Gasteiger partial charge in [-0.3, -0.25) is 9.99 Å². The molecule has 1 unspecified atom stereocenters. The van der Waals surface area contributed by atoms with E-state index < -0.39 is 41.3 Å². The fraction of sp³-hybridized carbons (Fsp3) is 0.167. The lowest BCUT2D eigenvalue weighted by Gasteiger charge is -2.29. The molecule has 0 aliphatic carbocycles. The molecule has 0 saturated heterocycles. The van der Waals surface area contributed by atoms with Crippen molar-refractivity contribution in [2.24, 2.45) is 16.8 Å². The summed E-state index contributed by atoms with van der Waals surface area (Å²) in [5.74, 6) is 3.18. The van der Waals surface area contributed by atoms with Gasteiger partial charge in [0.25, 0.3) is 5.92 Å². The number of alkyl halides is 2. The third-order valence-electron chi connectivity index (χ3n) is 4.17. The molecule has 3 aromatic rings. The third kappa shape index (κ3) is 4.51. The Morgan fingerprint density at radius 1 is 1.21 bits per heavy atom. The van der Waals surface area contributed by atoms with E-state index in [2.05, 4.69) is 15.1 Å². The largest absolute Gasteiger partial charge is 0.322 e. The smallest absolute Gasteiger partial charge is 0.298 e. The molecule has 0 bridgehead atoms. The number of pyridine rings is 1. The first kappa shape index (κ1) is 20.7. The molecule has 2 aromatic heterocycles. The molecule has 1 aromatic carbocycles. The van der Waals surface area contributed by atoms with Crippen LogP contribution in [0.4, 0.5) is 17.6 Å². The molecule has 0 amide bonds. The van der Waals surface area contributed by atoms with E-state index in [4.69, 9.17) is 11.7 Å². The fourth-order valence-electron chi connectivity index (χ4n) is 2.80. The van der Waals surface area contributed by atoms with Crippen LogP contribution in [0.2, 0.25) is 0 Å². The molecule has 1 atom stereocenters. The molecular weight excluding hydrogens is 408 g/mol. The number of hydrogen-bond donors (Lipinski definition) is 2. The van der Waals surface area contributed by atoms with Gasteiger partial charge >= 0.3 is 0 Å². The van der Waals surface area contributed by atoms with E-state index in [1.807, 2.05) is 0 Å². The number of rotatable bonds is 7. The lowest BCUT2D eigenvalue weighted by Crippen LogP contribution is -2.40. The highest BCUT2D eigenvalue weighted by Crippen LogP contribution is 2.42. The number of hydrazine groups is 1. The topological polar surface area (TPSA) is 93.4 Å². The van der Waals surface area contributed by atoms with Crippen LogP contribution in [0.15, 0.2) is 53.2 Å². The van der Waals surface area contributed by atoms with Crippen LogP contribution in [-0.4, -0.2) is 27.9 Å². The minimum absolute atomic E-state index is 0.414. The summed E-state index contributed by atoms with van der Waals surface area (Å²) in [6, 6.07) is 4.99. The minimum atomic E-state index is -3.64. The number of nitrogens with zero attached hydrogens (tertiary/aromatic N) is 4. The van der Waals surface area contributed by atoms with Crippen LogP contribution in [-0.2, 0) is 5.92 Å². The summed E-state index contributed by atoms with van der Waals surface area (Å²) in [5.41, 5.74) is -0.438. The summed E-state index contributed by atoms with van der Waals surface area (Å²) < 4.78 is 58.3. The summed E-state index contributed by atoms with van der Waals surface area (Å²) >= 11 is 1.34. The van der Waals surface area contributed by atoms with Crippen molar-refractivity contribution in [1.29, 1.82) is 0 Å². The van der Waals surface area contributed by atoms with Gasteiger partial charge in [0.15, 0.2) is 0 Å². The Kier molecular flexibility index (Phi) is 6.09. The Hall–Kier alpha value is -3.05. The quantitative estimate of drug-likeness (QED) is 0.199. The molecule has 152 valence electrons. The van der Waals surface area contributed by atoms with Gasteiger partial charge in [0.05, 0.1) is 5.92 Å². The molecule has 2 heterocycles. The second-order valence-electron chi connectivity index (χ2n) is 6.07. The van der Waals surface area contributed by atoms with Crippen molar-refractivity contribution in [3.8, 4) is 10.6 Å². The minimum Gasteiger partial charge on any atom is -0.322 e. The van der Waals surface area contributed by atoms with Crippen LogP contribution >= 0.6 is 11.3 Å². The zero-order valence-corrected chi connectivity index (χ0v) is 15.7. The first-order valence-electron chi connectivity index (χ1n) is 8.26. The highest BCUT2D eigenvalue weighted by Gasteiger charge is 2.45. The molecule has 3 rings (SSSR count). The lowest BCUT2D eigenvalue weighted by atomic mass is 9.89. The van der Waals surface area contributed by atoms with Gasteiger partial charge in [-0.15, -0.1) is 11.3 Å². The van der Waals surface area contributed by atoms with E-state index in [9.17, 15) is 8.78 Å². The Labute approximate surface area is 167 Å². The van der Waals surface area contributed by atoms with E-state index in [-0.39, 0.29) is 0 Å². The van der Waals surface area contributed by atoms with Crippen molar-refractivity contribution >= 4 is 17.7 Å². The van der Waals surface area contributed by atoms with Gasteiger partial charge in [-0.2, -0.15) is 13.9 Å². The number of benzene rings is 1. The number of aromatic nitrogens is 2. The van der Waals surface area contributed by atoms with Crippen LogP contribution in [0.1, 0.15) is 17.2 Å². The van der Waals surface area contributed by atoms with Crippen LogP contribution in [0.3, 0.4) is 0 Å². The van der Waals surface area contributed by atoms with Crippen molar-refractivity contribution in [3.05, 3.63) is 71.0 Å². The first-order chi connectivity index (χ1) is 13.8. The predicted molar refractivity (Wildman–Crippen MR) is 102 cm³/mol. The molecule has 4 N–H and O–H groups in total. The van der Waals surface area contributed by atoms with Gasteiger partial charge in [-0.05, 0) is 23.8 Å². The molecule has 0 fully saturated rings. The highest BCUT2D eigenvalue weighted by molar-refractivity contribution is 7.13. The standard InChI is InChI=1S/C18H16F4N6S/c19-12-2-3-13(15(20)7-12)14(9-28(24)10-27-23)18(21,22)16-4-1-11(8-26-16)17-25-5-6-29-17/h1-8,10,14H,9,23-24H2/b27-10-. The normalized spacial score (nSPS) is 13.0. The van der Waals surface area contributed by atoms with Crippen LogP contribution in [0.5, 0.6) is 0 Å². The molecule has 0 radical (unpaired) electrons. The Balaban J connectivity index is 2.00. The molecule has 0 aliphatic rings. The molecule has 29 heavy (non-hydrogen) atoms. The van der Waals surface area contributed by atoms with Crippen molar-refractivity contribution < 1.29 is 17.6 Å². The monoisotopic (exact) mass is 424 g/mol. The molecule has 6 nitrogen and oxygen atoms in total. The van der Waals surface area contributed by atoms with Crippen molar-refractivity contribution in [1.82, 2.24) is 15.0 Å². The van der Waals surface area contributed by atoms with E-state index in [1.165, 1.54) is 23.6 Å². The zero-order chi connectivity index (χ0) is 21.0. The van der Waals surface area contributed by atoms with E-state index in [0.717, 1.165) is 29.5 Å². The first-order valence-corrected chi connectivity index (χ1v) is 9.14. The maximum atomic E-state index is 15.4. The number of halogens is 4. The van der Waals surface area contributed by atoms with Gasteiger partial charge in [0.1, 0.15) is 28.7 Å². The van der Waals surface area contributed by atoms with Crippen LogP contribution < -0.4 is 11.7 Å². The van der Waals surface area contributed by atoms with Crippen molar-refractivity contribution in [2.75, 3.05) is 6.54 Å². The molecular formula is C18H16F4N6S. The van der Waals surface area contributed by atoms with Gasteiger partial charge in [-0.1, -0.05) is 6.07 Å². The van der Waals surface area contributed by atoms with Crippen molar-refractivity contribution in [3.63, 3.8) is 0 Å². The second kappa shape index (κ2) is 8.53. The van der Waals surface area contributed by atoms with Gasteiger partial charge < -0.3 is 5.84 Å².